The molecule has 0 radical (unpaired) electrons. The van der Waals surface area contributed by atoms with E-state index in [1.54, 1.807) is 6.20 Å². The average molecular weight is 627 g/mol. The first-order chi connectivity index (χ1) is 23.0. The Morgan fingerprint density at radius 3 is 2.30 bits per heavy atom. The monoisotopic (exact) mass is 626 g/mol. The maximum atomic E-state index is 12.2. The van der Waals surface area contributed by atoms with Crippen molar-refractivity contribution in [1.82, 2.24) is 14.9 Å². The van der Waals surface area contributed by atoms with Gasteiger partial charge in [-0.15, -0.1) is 0 Å². The fourth-order valence-electron chi connectivity index (χ4n) is 5.20. The van der Waals surface area contributed by atoms with Crippen LogP contribution in [0.15, 0.2) is 122 Å². The fourth-order valence-corrected chi connectivity index (χ4v) is 5.20. The Bertz CT molecular complexity index is 1790. The molecule has 0 amide bonds. The number of ether oxygens (including phenoxy) is 2. The quantitative estimate of drug-likeness (QED) is 0.130. The van der Waals surface area contributed by atoms with Crippen LogP contribution in [0.5, 0.6) is 17.2 Å². The molecule has 6 rings (SSSR count). The molecular formula is C38H38N6O3. The smallest absolute Gasteiger partial charge is 0.229 e. The Labute approximate surface area is 275 Å². The summed E-state index contributed by atoms with van der Waals surface area (Å²) >= 11 is 0. The number of nitrogens with one attached hydrogen (secondary N) is 2. The van der Waals surface area contributed by atoms with Crippen molar-refractivity contribution in [2.45, 2.75) is 13.0 Å². The lowest BCUT2D eigenvalue weighted by molar-refractivity contribution is -0.114. The van der Waals surface area contributed by atoms with Crippen LogP contribution in [0.4, 0.5) is 28.8 Å². The van der Waals surface area contributed by atoms with Gasteiger partial charge in [0, 0.05) is 49.7 Å². The van der Waals surface area contributed by atoms with Gasteiger partial charge in [-0.25, -0.2) is 4.98 Å². The molecule has 0 unspecified atom stereocenters. The summed E-state index contributed by atoms with van der Waals surface area (Å²) in [4.78, 5) is 26.3. The Morgan fingerprint density at radius 2 is 1.55 bits per heavy atom. The number of carbonyl (C=O) groups is 1. The predicted molar refractivity (Wildman–Crippen MR) is 187 cm³/mol. The van der Waals surface area contributed by atoms with Gasteiger partial charge < -0.3 is 29.9 Å². The van der Waals surface area contributed by atoms with E-state index in [2.05, 4.69) is 51.2 Å². The Kier molecular flexibility index (Phi) is 10.0. The molecule has 9 heteroatoms. The summed E-state index contributed by atoms with van der Waals surface area (Å²) in [6.45, 7) is 8.03. The number of hydrogen-bond acceptors (Lipinski definition) is 9. The number of rotatable bonds is 13. The number of allylic oxidation sites excluding steroid dienone is 1. The van der Waals surface area contributed by atoms with Gasteiger partial charge in [0.2, 0.25) is 5.95 Å². The molecule has 238 valence electrons. The lowest BCUT2D eigenvalue weighted by atomic mass is 10.1. The van der Waals surface area contributed by atoms with Gasteiger partial charge in [0.1, 0.15) is 18.1 Å². The van der Waals surface area contributed by atoms with Crippen LogP contribution in [0.1, 0.15) is 11.1 Å². The highest BCUT2D eigenvalue weighted by Gasteiger charge is 2.16. The number of ketones is 1. The molecule has 1 aliphatic heterocycles. The maximum absolute atomic E-state index is 12.2. The zero-order valence-corrected chi connectivity index (χ0v) is 26.4. The third-order valence-corrected chi connectivity index (χ3v) is 7.91. The van der Waals surface area contributed by atoms with Crippen LogP contribution in [0.3, 0.4) is 0 Å². The highest BCUT2D eigenvalue weighted by atomic mass is 16.5. The molecule has 1 saturated heterocycles. The molecule has 5 aromatic rings. The fraction of sp³-hybridized carbons (Fsp3) is 0.184. The van der Waals surface area contributed by atoms with Gasteiger partial charge in [0.15, 0.2) is 17.4 Å². The summed E-state index contributed by atoms with van der Waals surface area (Å²) in [5.74, 6) is 2.80. The van der Waals surface area contributed by atoms with E-state index in [1.807, 2.05) is 91.0 Å². The molecule has 1 fully saturated rings. The highest BCUT2D eigenvalue weighted by Crippen LogP contribution is 2.31. The predicted octanol–water partition coefficient (Wildman–Crippen LogP) is 7.38. The molecule has 1 aliphatic rings. The Hall–Kier alpha value is -5.67. The third kappa shape index (κ3) is 8.53. The average Bonchev–Trinajstić information content (AvgIpc) is 3.10. The van der Waals surface area contributed by atoms with Crippen LogP contribution >= 0.6 is 0 Å². The molecule has 1 aromatic heterocycles. The summed E-state index contributed by atoms with van der Waals surface area (Å²) in [5.41, 5.74) is 4.59. The van der Waals surface area contributed by atoms with E-state index in [4.69, 9.17) is 14.5 Å². The minimum Gasteiger partial charge on any atom is -0.483 e. The van der Waals surface area contributed by atoms with Crippen molar-refractivity contribution < 1.29 is 14.3 Å². The number of aromatic nitrogens is 2. The van der Waals surface area contributed by atoms with Crippen LogP contribution in [0.2, 0.25) is 0 Å². The first-order valence-electron chi connectivity index (χ1n) is 15.6. The first kappa shape index (κ1) is 31.3. The second-order valence-electron chi connectivity index (χ2n) is 11.3. The molecule has 0 spiro atoms. The zero-order chi connectivity index (χ0) is 32.4. The second kappa shape index (κ2) is 15.1. The van der Waals surface area contributed by atoms with Crippen molar-refractivity contribution in [3.63, 3.8) is 0 Å². The SMILES string of the molecule is C=CC(=O)Cc1ccccc1Nc1nc(Nc2ccc(N3CCN(C)CC3)cc2)ncc1OCc1ccc(Oc2ccccc2)cc1. The van der Waals surface area contributed by atoms with Gasteiger partial charge in [0.25, 0.3) is 0 Å². The first-order valence-corrected chi connectivity index (χ1v) is 15.6. The normalized spacial score (nSPS) is 13.1. The van der Waals surface area contributed by atoms with E-state index < -0.39 is 0 Å². The van der Waals surface area contributed by atoms with Crippen LogP contribution in [-0.2, 0) is 17.8 Å². The van der Waals surface area contributed by atoms with Crippen molar-refractivity contribution >= 4 is 34.6 Å². The van der Waals surface area contributed by atoms with Gasteiger partial charge >= 0.3 is 0 Å². The molecule has 0 bridgehead atoms. The van der Waals surface area contributed by atoms with Gasteiger partial charge in [0.05, 0.1) is 6.20 Å². The lowest BCUT2D eigenvalue weighted by Gasteiger charge is -2.34. The minimum atomic E-state index is -0.0690. The van der Waals surface area contributed by atoms with Crippen molar-refractivity contribution in [3.05, 3.63) is 133 Å². The van der Waals surface area contributed by atoms with E-state index in [-0.39, 0.29) is 12.2 Å². The van der Waals surface area contributed by atoms with E-state index >= 15 is 0 Å². The van der Waals surface area contributed by atoms with Crippen LogP contribution in [0, 0.1) is 0 Å². The van der Waals surface area contributed by atoms with E-state index in [9.17, 15) is 4.79 Å². The van der Waals surface area contributed by atoms with Crippen molar-refractivity contribution in [1.29, 1.82) is 0 Å². The standard InChI is InChI=1S/C38H38N6O3/c1-3-32(45)25-29-9-7-8-12-35(29)41-37-36(46-27-28-13-19-34(20-14-28)47-33-10-5-4-6-11-33)26-39-38(42-37)40-30-15-17-31(18-16-30)44-23-21-43(2)22-24-44/h3-20,26H,1,21-25,27H2,2H3,(H2,39,40,41,42). The summed E-state index contributed by atoms with van der Waals surface area (Å²) in [5, 5.41) is 6.72. The van der Waals surface area contributed by atoms with Gasteiger partial charge in [-0.05, 0) is 78.8 Å². The molecule has 9 nitrogen and oxygen atoms in total. The number of piperazine rings is 1. The van der Waals surface area contributed by atoms with Crippen molar-refractivity contribution in [2.24, 2.45) is 0 Å². The number of carbonyl (C=O) groups excluding carboxylic acids is 1. The summed E-state index contributed by atoms with van der Waals surface area (Å²) in [6, 6.07) is 33.4. The van der Waals surface area contributed by atoms with Gasteiger partial charge in [-0.3, -0.25) is 4.79 Å². The largest absolute Gasteiger partial charge is 0.483 e. The molecular weight excluding hydrogens is 588 g/mol. The van der Waals surface area contributed by atoms with E-state index in [1.165, 1.54) is 11.8 Å². The summed E-state index contributed by atoms with van der Waals surface area (Å²) < 4.78 is 12.2. The second-order valence-corrected chi connectivity index (χ2v) is 11.3. The number of likely N-dealkylation sites (N-methyl/N-ethyl adjacent to an activating group) is 1. The summed E-state index contributed by atoms with van der Waals surface area (Å²) in [7, 11) is 2.16. The number of benzene rings is 4. The molecule has 0 aliphatic carbocycles. The highest BCUT2D eigenvalue weighted by molar-refractivity contribution is 5.92. The number of anilines is 5. The number of hydrogen-bond donors (Lipinski definition) is 2. The molecule has 4 aromatic carbocycles. The molecule has 0 atom stereocenters. The van der Waals surface area contributed by atoms with Gasteiger partial charge in [-0.1, -0.05) is 55.1 Å². The topological polar surface area (TPSA) is 91.9 Å². The third-order valence-electron chi connectivity index (χ3n) is 7.91. The number of nitrogens with zero attached hydrogens (tertiary/aromatic N) is 4. The molecule has 2 N–H and O–H groups in total. The van der Waals surface area contributed by atoms with Crippen molar-refractivity contribution in [2.75, 3.05) is 48.8 Å². The number of para-hydroxylation sites is 2. The van der Waals surface area contributed by atoms with Crippen LogP contribution in [-0.4, -0.2) is 53.9 Å². The Balaban J connectivity index is 1.19. The minimum absolute atomic E-state index is 0.0690. The van der Waals surface area contributed by atoms with Gasteiger partial charge in [-0.2, -0.15) is 4.98 Å². The maximum Gasteiger partial charge on any atom is 0.229 e. The summed E-state index contributed by atoms with van der Waals surface area (Å²) in [6.07, 6.45) is 3.21. The molecule has 0 saturated carbocycles. The Morgan fingerprint density at radius 1 is 0.851 bits per heavy atom. The molecule has 2 heterocycles. The van der Waals surface area contributed by atoms with Crippen molar-refractivity contribution in [3.8, 4) is 17.2 Å². The van der Waals surface area contributed by atoms with Crippen LogP contribution in [0.25, 0.3) is 0 Å². The van der Waals surface area contributed by atoms with E-state index in [0.717, 1.165) is 60.2 Å². The molecule has 47 heavy (non-hydrogen) atoms. The van der Waals surface area contributed by atoms with Crippen LogP contribution < -0.4 is 25.0 Å². The van der Waals surface area contributed by atoms with E-state index in [0.29, 0.717) is 24.1 Å². The zero-order valence-electron chi connectivity index (χ0n) is 26.4. The lowest BCUT2D eigenvalue weighted by Crippen LogP contribution is -2.44.